The van der Waals surface area contributed by atoms with Crippen molar-refractivity contribution in [3.63, 3.8) is 0 Å². The zero-order valence-electron chi connectivity index (χ0n) is 31.8. The van der Waals surface area contributed by atoms with E-state index < -0.39 is 86.3 Å². The van der Waals surface area contributed by atoms with Crippen molar-refractivity contribution >= 4 is 54.8 Å². The summed E-state index contributed by atoms with van der Waals surface area (Å²) >= 11 is 0. The van der Waals surface area contributed by atoms with Crippen LogP contribution in [-0.2, 0) is 89.3 Å². The van der Waals surface area contributed by atoms with Crippen molar-refractivity contribution in [3.8, 4) is 0 Å². The minimum absolute atomic E-state index is 0.0880. The first-order valence-corrected chi connectivity index (χ1v) is 28.2. The highest BCUT2D eigenvalue weighted by atomic mass is 31.3. The lowest BCUT2D eigenvalue weighted by Crippen LogP contribution is -2.26. The van der Waals surface area contributed by atoms with Gasteiger partial charge in [0.2, 0.25) is 0 Å². The third-order valence-corrected chi connectivity index (χ3v) is 17.7. The maximum absolute atomic E-state index is 12.1. The molecule has 1 aliphatic rings. The largest absolute Gasteiger partial charge is 0.490 e. The van der Waals surface area contributed by atoms with Crippen molar-refractivity contribution < 1.29 is 116 Å². The summed E-state index contributed by atoms with van der Waals surface area (Å²) in [6.45, 7) is 1.00. The molecule has 1 saturated heterocycles. The van der Waals surface area contributed by atoms with E-state index in [1.54, 1.807) is 11.6 Å². The van der Waals surface area contributed by atoms with E-state index in [-0.39, 0.29) is 19.4 Å². The lowest BCUT2D eigenvalue weighted by molar-refractivity contribution is -0.0167. The van der Waals surface area contributed by atoms with Gasteiger partial charge in [-0.25, -0.2) is 32.0 Å². The van der Waals surface area contributed by atoms with Gasteiger partial charge in [-0.15, -0.1) is 5.10 Å². The molecular weight excluding hydrogens is 947 g/mol. The van der Waals surface area contributed by atoms with Crippen LogP contribution in [0, 0.1) is 0 Å². The minimum atomic E-state index is -6.38. The molecule has 1 aromatic rings. The molecule has 0 aromatic carbocycles. The van der Waals surface area contributed by atoms with Gasteiger partial charge in [-0.2, -0.15) is 21.6 Å². The van der Waals surface area contributed by atoms with Crippen molar-refractivity contribution in [1.29, 1.82) is 0 Å². The molecule has 2 rings (SSSR count). The zero-order valence-corrected chi connectivity index (χ0v) is 38.1. The summed E-state index contributed by atoms with van der Waals surface area (Å²) in [5, 5.41) is 18.0. The first-order chi connectivity index (χ1) is 27.1. The maximum Gasteiger partial charge on any atom is 0.490 e. The average Bonchev–Trinajstić information content (AvgIpc) is 3.65. The Bertz CT molecular complexity index is 1780. The van der Waals surface area contributed by atoms with Gasteiger partial charge in [-0.05, 0) is 39.0 Å². The molecule has 0 bridgehead atoms. The molecule has 0 saturated carbocycles. The Kier molecular flexibility index (Phi) is 23.3. The number of aliphatic hydroxyl groups is 1. The fraction of sp³-hybridized carbons (Fsp3) is 0.917. The van der Waals surface area contributed by atoms with Crippen molar-refractivity contribution in [1.82, 2.24) is 15.0 Å². The molecule has 1 fully saturated rings. The van der Waals surface area contributed by atoms with Gasteiger partial charge in [0.05, 0.1) is 37.7 Å². The van der Waals surface area contributed by atoms with Gasteiger partial charge < -0.3 is 44.1 Å². The molecule has 0 amide bonds. The van der Waals surface area contributed by atoms with Crippen LogP contribution in [0.15, 0.2) is 6.20 Å². The first-order valence-electron chi connectivity index (χ1n) is 17.7. The number of nitrogens with zero attached hydrogens (tertiary/aromatic N) is 3. The second kappa shape index (κ2) is 24.9. The number of ether oxygens (including phenoxy) is 1. The normalized spacial score (nSPS) is 24.5. The van der Waals surface area contributed by atoms with E-state index in [0.717, 1.165) is 51.3 Å². The second-order valence-electron chi connectivity index (χ2n) is 12.7. The molecule has 8 unspecified atom stereocenters. The Morgan fingerprint density at radius 3 is 1.53 bits per heavy atom. The highest BCUT2D eigenvalue weighted by Gasteiger charge is 2.49. The average molecular weight is 999 g/mol. The number of hydrogen-bond acceptors (Lipinski definition) is 20. The monoisotopic (exact) mass is 999 g/mol. The molecular formula is C24H52N3O25P7. The Labute approximate surface area is 339 Å². The number of aromatic nitrogens is 3. The molecule has 0 spiro atoms. The van der Waals surface area contributed by atoms with E-state index in [0.29, 0.717) is 38.6 Å². The molecule has 1 aliphatic heterocycles. The van der Waals surface area contributed by atoms with Crippen LogP contribution in [0.25, 0.3) is 0 Å². The SMILES string of the molecule is COP(=O)(O)OCCCCc1cn(CCCCCCCCCCCOP(=O)(O)OP(=O)(O)OP(=O)(O)OP(=O)(O)OP(=O)(O)OP(=O)(O)OC[C@@H]2O[C@H](C)CC2O)nn1. The van der Waals surface area contributed by atoms with Gasteiger partial charge in [0.25, 0.3) is 0 Å². The van der Waals surface area contributed by atoms with Crippen molar-refractivity contribution in [2.24, 2.45) is 0 Å². The Morgan fingerprint density at radius 2 is 1.05 bits per heavy atom. The summed E-state index contributed by atoms with van der Waals surface area (Å²) < 4.78 is 127. The number of rotatable bonds is 33. The lowest BCUT2D eigenvalue weighted by atomic mass is 10.1. The van der Waals surface area contributed by atoms with Crippen LogP contribution in [0.3, 0.4) is 0 Å². The number of aliphatic hydroxyl groups excluding tert-OH is 1. The predicted molar refractivity (Wildman–Crippen MR) is 199 cm³/mol. The van der Waals surface area contributed by atoms with E-state index in [1.807, 2.05) is 6.20 Å². The first kappa shape index (κ1) is 55.2. The number of aryl methyl sites for hydroxylation is 2. The maximum atomic E-state index is 12.1. The molecule has 1 aromatic heterocycles. The van der Waals surface area contributed by atoms with Crippen LogP contribution >= 0.6 is 54.8 Å². The lowest BCUT2D eigenvalue weighted by Gasteiger charge is -2.21. The Morgan fingerprint density at radius 1 is 0.627 bits per heavy atom. The van der Waals surface area contributed by atoms with Gasteiger partial charge in [0.1, 0.15) is 6.10 Å². The van der Waals surface area contributed by atoms with E-state index in [2.05, 4.69) is 45.4 Å². The van der Waals surface area contributed by atoms with Crippen LogP contribution in [0.5, 0.6) is 0 Å². The predicted octanol–water partition coefficient (Wildman–Crippen LogP) is 5.13. The zero-order chi connectivity index (χ0) is 44.6. The van der Waals surface area contributed by atoms with Gasteiger partial charge in [0, 0.05) is 26.3 Å². The van der Waals surface area contributed by atoms with Gasteiger partial charge in [0.15, 0.2) is 0 Å². The summed E-state index contributed by atoms with van der Waals surface area (Å²) in [6.07, 6.45) is 8.04. The molecule has 28 nitrogen and oxygen atoms in total. The second-order valence-corrected chi connectivity index (χ2v) is 23.7. The third-order valence-electron chi connectivity index (χ3n) is 7.53. The van der Waals surface area contributed by atoms with Crippen LogP contribution in [0.4, 0.5) is 0 Å². The van der Waals surface area contributed by atoms with Gasteiger partial charge in [-0.3, -0.25) is 22.8 Å². The molecule has 59 heavy (non-hydrogen) atoms. The fourth-order valence-corrected chi connectivity index (χ4v) is 13.3. The van der Waals surface area contributed by atoms with Crippen LogP contribution < -0.4 is 0 Å². The number of phosphoric acid groups is 7. The summed E-state index contributed by atoms with van der Waals surface area (Å²) in [5.74, 6) is 0. The molecule has 2 heterocycles. The minimum Gasteiger partial charge on any atom is -0.390 e. The highest BCUT2D eigenvalue weighted by molar-refractivity contribution is 7.72. The van der Waals surface area contributed by atoms with Crippen LogP contribution in [-0.4, -0.2) is 99.6 Å². The molecule has 10 atom stereocenters. The summed E-state index contributed by atoms with van der Waals surface area (Å²) in [5.41, 5.74) is 0.806. The van der Waals surface area contributed by atoms with Crippen molar-refractivity contribution in [2.75, 3.05) is 26.9 Å². The van der Waals surface area contributed by atoms with Crippen molar-refractivity contribution in [3.05, 3.63) is 11.9 Å². The molecule has 0 aliphatic carbocycles. The molecule has 0 radical (unpaired) electrons. The summed E-state index contributed by atoms with van der Waals surface area (Å²) in [7, 11) is -39.0. The Hall–Kier alpha value is 0.0300. The van der Waals surface area contributed by atoms with Gasteiger partial charge >= 0.3 is 54.8 Å². The van der Waals surface area contributed by atoms with E-state index in [1.165, 1.54) is 0 Å². The number of hydrogen-bond donors (Lipinski definition) is 8. The molecule has 8 N–H and O–H groups in total. The summed E-state index contributed by atoms with van der Waals surface area (Å²) in [4.78, 5) is 67.0. The van der Waals surface area contributed by atoms with Crippen LogP contribution in [0.2, 0.25) is 0 Å². The third kappa shape index (κ3) is 25.2. The molecule has 35 heteroatoms. The van der Waals surface area contributed by atoms with E-state index >= 15 is 0 Å². The van der Waals surface area contributed by atoms with Gasteiger partial charge in [-0.1, -0.05) is 50.2 Å². The van der Waals surface area contributed by atoms with Crippen molar-refractivity contribution in [2.45, 2.75) is 115 Å². The number of phosphoric ester groups is 3. The summed E-state index contributed by atoms with van der Waals surface area (Å²) in [6, 6.07) is 0. The fourth-order valence-electron chi connectivity index (χ4n) is 5.01. The van der Waals surface area contributed by atoms with Crippen LogP contribution in [0.1, 0.15) is 89.7 Å². The highest BCUT2D eigenvalue weighted by Crippen LogP contribution is 2.75. The smallest absolute Gasteiger partial charge is 0.390 e. The topological polar surface area (TPSA) is 404 Å². The standard InChI is InChI=1S/C24H52N3O25P7/c1-21-18-23(28)24(47-21)20-46-55(33,34)49-57(37,38)51-59(41,42)52-58(39,40)50-56(35,36)48-54(31,32)45-16-12-9-7-5-3-4-6-8-11-15-27-19-22(25-26-27)14-10-13-17-44-53(29,30)43-2/h19,21,23-24,28H,3-18,20H2,1-2H3,(H,29,30)(H,31,32)(H,33,34)(H,35,36)(H,37,38)(H,39,40)(H,41,42)/t21-,23?,24+/m1/s1. The molecule has 348 valence electrons. The Balaban J connectivity index is 1.59. The quantitative estimate of drug-likeness (QED) is 0.0334. The number of unbranched alkanes of at least 4 members (excludes halogenated alkanes) is 9. The van der Waals surface area contributed by atoms with E-state index in [4.69, 9.17) is 9.26 Å². The van der Waals surface area contributed by atoms with E-state index in [9.17, 15) is 71.3 Å².